The first-order chi connectivity index (χ1) is 13.4. The standard InChI is InChI=1S/C21H19FN4O2/c1-14-6-4-3-5-7-18(10-14)26-20(27)24-15(2)25(21(26)28)13-16-8-9-19(22)17(11-16)12-23/h4,6-11H,3,5,13H2,1-2H3/b6-4-,14-10-,18-7+. The van der Waals surface area contributed by atoms with Crippen LogP contribution in [-0.4, -0.2) is 14.1 Å². The van der Waals surface area contributed by atoms with Gasteiger partial charge in [0.05, 0.1) is 17.8 Å². The number of nitrogens with zero attached hydrogens (tertiary/aromatic N) is 4. The van der Waals surface area contributed by atoms with Gasteiger partial charge in [0.25, 0.3) is 0 Å². The molecule has 0 aliphatic heterocycles. The van der Waals surface area contributed by atoms with E-state index in [9.17, 15) is 14.0 Å². The van der Waals surface area contributed by atoms with E-state index in [0.717, 1.165) is 16.6 Å². The van der Waals surface area contributed by atoms with E-state index in [4.69, 9.17) is 5.26 Å². The monoisotopic (exact) mass is 378 g/mol. The second kappa shape index (κ2) is 8.01. The molecule has 0 fully saturated rings. The first-order valence-electron chi connectivity index (χ1n) is 8.85. The van der Waals surface area contributed by atoms with Crippen LogP contribution in [0.3, 0.4) is 0 Å². The highest BCUT2D eigenvalue weighted by atomic mass is 19.1. The Kier molecular flexibility index (Phi) is 5.50. The van der Waals surface area contributed by atoms with Gasteiger partial charge in [-0.3, -0.25) is 4.57 Å². The van der Waals surface area contributed by atoms with Gasteiger partial charge >= 0.3 is 11.4 Å². The van der Waals surface area contributed by atoms with E-state index in [1.54, 1.807) is 19.1 Å². The van der Waals surface area contributed by atoms with Crippen molar-refractivity contribution in [3.8, 4) is 6.07 Å². The molecule has 6 nitrogen and oxygen atoms in total. The smallest absolute Gasteiger partial charge is 0.277 e. The third-order valence-corrected chi connectivity index (χ3v) is 4.45. The van der Waals surface area contributed by atoms with Gasteiger partial charge in [0.15, 0.2) is 0 Å². The zero-order chi connectivity index (χ0) is 20.3. The Morgan fingerprint density at radius 2 is 2.04 bits per heavy atom. The number of hydrogen-bond acceptors (Lipinski definition) is 4. The number of halogens is 1. The normalized spacial score (nSPS) is 18.8. The molecule has 0 N–H and O–H groups in total. The van der Waals surface area contributed by atoms with Gasteiger partial charge in [-0.05, 0) is 56.0 Å². The van der Waals surface area contributed by atoms with E-state index < -0.39 is 17.2 Å². The molecule has 0 radical (unpaired) electrons. The van der Waals surface area contributed by atoms with Gasteiger partial charge in [-0.2, -0.15) is 10.2 Å². The van der Waals surface area contributed by atoms with Crippen molar-refractivity contribution >= 4 is 5.70 Å². The molecule has 1 aromatic heterocycles. The number of allylic oxidation sites excluding steroid dienone is 6. The molecule has 142 valence electrons. The summed E-state index contributed by atoms with van der Waals surface area (Å²) >= 11 is 0. The minimum absolute atomic E-state index is 0.0722. The van der Waals surface area contributed by atoms with Crippen LogP contribution in [0.15, 0.2) is 57.7 Å². The van der Waals surface area contributed by atoms with Crippen LogP contribution in [0.4, 0.5) is 4.39 Å². The van der Waals surface area contributed by atoms with Crippen molar-refractivity contribution in [3.63, 3.8) is 0 Å². The maximum absolute atomic E-state index is 13.6. The van der Waals surface area contributed by atoms with Crippen LogP contribution in [0.2, 0.25) is 0 Å². The Bertz CT molecular complexity index is 1180. The van der Waals surface area contributed by atoms with Crippen LogP contribution in [0.1, 0.15) is 36.7 Å². The van der Waals surface area contributed by atoms with Crippen LogP contribution < -0.4 is 11.4 Å². The van der Waals surface area contributed by atoms with Crippen LogP contribution in [0.25, 0.3) is 5.70 Å². The van der Waals surface area contributed by atoms with Gasteiger partial charge in [-0.1, -0.05) is 24.3 Å². The Balaban J connectivity index is 2.12. The van der Waals surface area contributed by atoms with E-state index in [-0.39, 0.29) is 17.9 Å². The van der Waals surface area contributed by atoms with Crippen molar-refractivity contribution in [2.75, 3.05) is 0 Å². The van der Waals surface area contributed by atoms with Crippen LogP contribution in [0.5, 0.6) is 0 Å². The van der Waals surface area contributed by atoms with Gasteiger partial charge in [0.1, 0.15) is 17.7 Å². The van der Waals surface area contributed by atoms with E-state index in [0.29, 0.717) is 17.7 Å². The highest BCUT2D eigenvalue weighted by molar-refractivity contribution is 5.59. The Morgan fingerprint density at radius 3 is 2.79 bits per heavy atom. The SMILES string of the molecule is CC1=C/C(n2c(=O)nc(C)n(Cc3ccc(F)c(C#N)c3)c2=O)=C\CC/C=C\1. The molecule has 0 amide bonds. The number of rotatable bonds is 3. The molecular formula is C21H19FN4O2. The van der Waals surface area contributed by atoms with Crippen molar-refractivity contribution in [1.29, 1.82) is 5.26 Å². The molecule has 1 heterocycles. The lowest BCUT2D eigenvalue weighted by molar-refractivity contribution is 0.612. The average Bonchev–Trinajstić information content (AvgIpc) is 2.63. The zero-order valence-electron chi connectivity index (χ0n) is 15.6. The summed E-state index contributed by atoms with van der Waals surface area (Å²) in [5.41, 5.74) is 0.695. The van der Waals surface area contributed by atoms with E-state index in [2.05, 4.69) is 4.98 Å². The summed E-state index contributed by atoms with van der Waals surface area (Å²) in [5.74, 6) is -0.368. The fourth-order valence-corrected chi connectivity index (χ4v) is 3.02. The van der Waals surface area contributed by atoms with Crippen molar-refractivity contribution < 1.29 is 4.39 Å². The van der Waals surface area contributed by atoms with Gasteiger partial charge < -0.3 is 0 Å². The van der Waals surface area contributed by atoms with Crippen LogP contribution >= 0.6 is 0 Å². The zero-order valence-corrected chi connectivity index (χ0v) is 15.6. The third kappa shape index (κ3) is 3.91. The molecule has 0 spiro atoms. The van der Waals surface area contributed by atoms with Crippen molar-refractivity contribution in [2.24, 2.45) is 0 Å². The van der Waals surface area contributed by atoms with Gasteiger partial charge in [0.2, 0.25) is 0 Å². The molecule has 7 heteroatoms. The molecular weight excluding hydrogens is 359 g/mol. The maximum atomic E-state index is 13.6. The molecule has 0 unspecified atom stereocenters. The highest BCUT2D eigenvalue weighted by Crippen LogP contribution is 2.14. The largest absolute Gasteiger partial charge is 0.358 e. The van der Waals surface area contributed by atoms with E-state index >= 15 is 0 Å². The summed E-state index contributed by atoms with van der Waals surface area (Å²) in [7, 11) is 0. The summed E-state index contributed by atoms with van der Waals surface area (Å²) in [6, 6.07) is 5.86. The summed E-state index contributed by atoms with van der Waals surface area (Å²) < 4.78 is 16.0. The molecule has 1 aliphatic rings. The fourth-order valence-electron chi connectivity index (χ4n) is 3.02. The van der Waals surface area contributed by atoms with E-state index in [1.165, 1.54) is 22.8 Å². The molecule has 0 saturated heterocycles. The summed E-state index contributed by atoms with van der Waals surface area (Å²) in [4.78, 5) is 29.6. The minimum atomic E-state index is -0.643. The summed E-state index contributed by atoms with van der Waals surface area (Å²) in [5, 5.41) is 9.01. The lowest BCUT2D eigenvalue weighted by Gasteiger charge is -2.14. The second-order valence-electron chi connectivity index (χ2n) is 6.57. The molecule has 1 aliphatic carbocycles. The number of hydrogen-bond donors (Lipinski definition) is 0. The number of aromatic nitrogens is 3. The molecule has 0 atom stereocenters. The summed E-state index contributed by atoms with van der Waals surface area (Å²) in [6.45, 7) is 3.53. The van der Waals surface area contributed by atoms with Gasteiger partial charge in [-0.15, -0.1) is 0 Å². The Morgan fingerprint density at radius 1 is 1.25 bits per heavy atom. The predicted molar refractivity (Wildman–Crippen MR) is 104 cm³/mol. The molecule has 28 heavy (non-hydrogen) atoms. The fraction of sp³-hybridized carbons (Fsp3) is 0.238. The van der Waals surface area contributed by atoms with Crippen molar-refractivity contribution in [3.05, 3.63) is 91.8 Å². The quantitative estimate of drug-likeness (QED) is 0.822. The molecule has 1 aromatic carbocycles. The number of aryl methyl sites for hydroxylation is 1. The highest BCUT2D eigenvalue weighted by Gasteiger charge is 2.14. The van der Waals surface area contributed by atoms with Crippen LogP contribution in [0, 0.1) is 24.1 Å². The lowest BCUT2D eigenvalue weighted by Crippen LogP contribution is -2.42. The lowest BCUT2D eigenvalue weighted by atomic mass is 10.1. The molecule has 3 rings (SSSR count). The molecule has 2 aromatic rings. The first-order valence-corrected chi connectivity index (χ1v) is 8.85. The first kappa shape index (κ1) is 19.2. The average molecular weight is 378 g/mol. The Hall–Kier alpha value is -3.53. The Labute approximate surface area is 161 Å². The van der Waals surface area contributed by atoms with Crippen molar-refractivity contribution in [1.82, 2.24) is 14.1 Å². The van der Waals surface area contributed by atoms with Gasteiger partial charge in [0, 0.05) is 0 Å². The third-order valence-electron chi connectivity index (χ3n) is 4.45. The van der Waals surface area contributed by atoms with Gasteiger partial charge in [-0.25, -0.2) is 18.5 Å². The number of nitriles is 1. The van der Waals surface area contributed by atoms with E-state index in [1.807, 2.05) is 25.2 Å². The maximum Gasteiger partial charge on any atom is 0.358 e. The van der Waals surface area contributed by atoms with Crippen LogP contribution in [-0.2, 0) is 6.54 Å². The predicted octanol–water partition coefficient (Wildman–Crippen LogP) is 2.91. The summed E-state index contributed by atoms with van der Waals surface area (Å²) in [6.07, 6.45) is 9.09. The topological polar surface area (TPSA) is 80.7 Å². The molecule has 0 bridgehead atoms. The second-order valence-corrected chi connectivity index (χ2v) is 6.57. The minimum Gasteiger partial charge on any atom is -0.277 e. The number of benzene rings is 1. The molecule has 0 saturated carbocycles. The van der Waals surface area contributed by atoms with Crippen molar-refractivity contribution in [2.45, 2.75) is 33.2 Å².